The molecule has 2 N–H and O–H groups in total. The van der Waals surface area contributed by atoms with Gasteiger partial charge in [0.15, 0.2) is 22.8 Å². The minimum absolute atomic E-state index is 0.0544. The summed E-state index contributed by atoms with van der Waals surface area (Å²) >= 11 is 0. The first-order valence-corrected chi connectivity index (χ1v) is 16.2. The number of aromatic hydroxyl groups is 1. The van der Waals surface area contributed by atoms with Crippen molar-refractivity contribution >= 4 is 23.6 Å². The third-order valence-electron chi connectivity index (χ3n) is 10.5. The zero-order valence-electron chi connectivity index (χ0n) is 28.0. The number of ether oxygens (including phenoxy) is 3. The highest BCUT2D eigenvalue weighted by Crippen LogP contribution is 2.68. The molecule has 1 saturated heterocycles. The summed E-state index contributed by atoms with van der Waals surface area (Å²) in [4.78, 5) is 40.8. The van der Waals surface area contributed by atoms with E-state index in [2.05, 4.69) is 19.9 Å². The molecule has 4 bridgehead atoms. The highest BCUT2D eigenvalue weighted by Gasteiger charge is 2.81. The van der Waals surface area contributed by atoms with Crippen LogP contribution in [0.1, 0.15) is 103 Å². The van der Waals surface area contributed by atoms with Gasteiger partial charge in [0.25, 0.3) is 0 Å². The van der Waals surface area contributed by atoms with Gasteiger partial charge in [0, 0.05) is 35.0 Å². The zero-order valence-corrected chi connectivity index (χ0v) is 28.0. The number of fused-ring (bicyclic) bond motifs is 2. The van der Waals surface area contributed by atoms with E-state index in [9.17, 15) is 24.6 Å². The topological polar surface area (TPSA) is 119 Å². The summed E-state index contributed by atoms with van der Waals surface area (Å²) in [5, 5.41) is 21.4. The number of carbonyl (C=O) groups excluding carboxylic acids is 2. The third kappa shape index (κ3) is 4.47. The zero-order chi connectivity index (χ0) is 33.6. The van der Waals surface area contributed by atoms with Gasteiger partial charge >= 0.3 is 5.97 Å². The maximum Gasteiger partial charge on any atom is 0.330 e. The van der Waals surface area contributed by atoms with Gasteiger partial charge in [0.2, 0.25) is 0 Å². The molecule has 2 fully saturated rings. The Hall–Kier alpha value is -3.91. The van der Waals surface area contributed by atoms with Crippen molar-refractivity contribution < 1.29 is 38.8 Å². The van der Waals surface area contributed by atoms with E-state index >= 15 is 0 Å². The number of allylic oxidation sites excluding steroid dienone is 5. The Morgan fingerprint density at radius 2 is 1.70 bits per heavy atom. The molecule has 1 spiro atoms. The number of rotatable bonds is 8. The number of hydrogen-bond acceptors (Lipinski definition) is 7. The molecule has 1 aromatic carbocycles. The van der Waals surface area contributed by atoms with Crippen molar-refractivity contribution in [3.05, 3.63) is 69.4 Å². The van der Waals surface area contributed by atoms with Crippen LogP contribution in [0.5, 0.6) is 17.2 Å². The van der Waals surface area contributed by atoms with Gasteiger partial charge in [0.1, 0.15) is 28.4 Å². The van der Waals surface area contributed by atoms with Crippen LogP contribution in [-0.4, -0.2) is 50.2 Å². The van der Waals surface area contributed by atoms with Gasteiger partial charge in [-0.1, -0.05) is 35.5 Å². The fourth-order valence-corrected chi connectivity index (χ4v) is 8.17. The maximum atomic E-state index is 14.7. The van der Waals surface area contributed by atoms with Crippen LogP contribution in [0.4, 0.5) is 0 Å². The summed E-state index contributed by atoms with van der Waals surface area (Å²) in [5.74, 6) is -2.28. The molecule has 7 rings (SSSR count). The fourth-order valence-electron chi connectivity index (χ4n) is 8.17. The number of hydrogen-bond donors (Lipinski definition) is 2. The number of benzene rings is 1. The van der Waals surface area contributed by atoms with E-state index in [1.807, 2.05) is 52.8 Å². The van der Waals surface area contributed by atoms with Crippen LogP contribution in [0.25, 0.3) is 6.08 Å². The smallest absolute Gasteiger partial charge is 0.330 e. The predicted octanol–water partition coefficient (Wildman–Crippen LogP) is 7.24. The van der Waals surface area contributed by atoms with Crippen molar-refractivity contribution in [3.8, 4) is 17.2 Å². The predicted molar refractivity (Wildman–Crippen MR) is 174 cm³/mol. The number of carboxylic acid groups (broad SMARTS) is 1. The second kappa shape index (κ2) is 10.6. The van der Waals surface area contributed by atoms with Crippen molar-refractivity contribution in [3.63, 3.8) is 0 Å². The Morgan fingerprint density at radius 1 is 1.00 bits per heavy atom. The first-order chi connectivity index (χ1) is 21.5. The summed E-state index contributed by atoms with van der Waals surface area (Å²) < 4.78 is 20.6. The summed E-state index contributed by atoms with van der Waals surface area (Å²) in [6, 6.07) is 0. The Balaban J connectivity index is 1.59. The molecule has 6 aliphatic rings. The number of aliphatic carboxylic acids is 1. The second-order valence-corrected chi connectivity index (χ2v) is 14.8. The molecule has 8 nitrogen and oxygen atoms in total. The molecule has 1 aromatic rings. The monoisotopic (exact) mass is 628 g/mol. The first-order valence-electron chi connectivity index (χ1n) is 16.2. The lowest BCUT2D eigenvalue weighted by Gasteiger charge is -2.56. The molecule has 3 aliphatic heterocycles. The number of carbonyl (C=O) groups is 3. The Morgan fingerprint density at radius 3 is 2.35 bits per heavy atom. The molecular weight excluding hydrogens is 584 g/mol. The SMILES string of the molecule is CC(C)=CCC[C@@]1(C)C=Cc2c(O)c3c(c(CC=C(C)C)c2O1)O[C@]12C(=C[C@@H]4CC1C(C)(C)O[C@]2(C/C=C(\C)C(=O)O)C4=O)C3=O. The van der Waals surface area contributed by atoms with Gasteiger partial charge in [-0.3, -0.25) is 9.59 Å². The highest BCUT2D eigenvalue weighted by molar-refractivity contribution is 6.19. The van der Waals surface area contributed by atoms with Crippen LogP contribution in [0.2, 0.25) is 0 Å². The van der Waals surface area contributed by atoms with E-state index in [-0.39, 0.29) is 40.8 Å². The number of ketones is 2. The minimum atomic E-state index is -1.63. The molecule has 0 radical (unpaired) electrons. The molecule has 3 heterocycles. The summed E-state index contributed by atoms with van der Waals surface area (Å²) in [7, 11) is 0. The third-order valence-corrected chi connectivity index (χ3v) is 10.5. The summed E-state index contributed by atoms with van der Waals surface area (Å²) in [6.07, 6.45) is 13.4. The fraction of sp³-hybridized carbons (Fsp3) is 0.500. The largest absolute Gasteiger partial charge is 0.506 e. The van der Waals surface area contributed by atoms with E-state index in [0.717, 1.165) is 12.0 Å². The normalized spacial score (nSPS) is 31.2. The Bertz CT molecular complexity index is 1730. The quantitative estimate of drug-likeness (QED) is 0.228. The lowest BCUT2D eigenvalue weighted by Crippen LogP contribution is -2.72. The molecule has 1 saturated carbocycles. The number of phenols is 1. The van der Waals surface area contributed by atoms with Crippen LogP contribution in [0, 0.1) is 11.8 Å². The van der Waals surface area contributed by atoms with Gasteiger partial charge in [0.05, 0.1) is 11.2 Å². The van der Waals surface area contributed by atoms with Crippen LogP contribution in [0.15, 0.2) is 52.7 Å². The lowest BCUT2D eigenvalue weighted by atomic mass is 9.51. The maximum absolute atomic E-state index is 14.7. The first kappa shape index (κ1) is 32.0. The van der Waals surface area contributed by atoms with Crippen molar-refractivity contribution in [1.29, 1.82) is 0 Å². The van der Waals surface area contributed by atoms with Gasteiger partial charge in [-0.2, -0.15) is 0 Å². The van der Waals surface area contributed by atoms with Crippen molar-refractivity contribution in [2.24, 2.45) is 11.8 Å². The van der Waals surface area contributed by atoms with E-state index < -0.39 is 40.1 Å². The summed E-state index contributed by atoms with van der Waals surface area (Å²) in [6.45, 7) is 15.4. The molecule has 3 aliphatic carbocycles. The molecule has 5 atom stereocenters. The molecule has 1 unspecified atom stereocenters. The van der Waals surface area contributed by atoms with Gasteiger partial charge in [-0.15, -0.1) is 0 Å². The van der Waals surface area contributed by atoms with Crippen LogP contribution in [0.3, 0.4) is 0 Å². The number of phenolic OH excluding ortho intramolecular Hbond substituents is 1. The lowest BCUT2D eigenvalue weighted by molar-refractivity contribution is -0.171. The van der Waals surface area contributed by atoms with E-state index in [1.54, 1.807) is 6.08 Å². The number of Topliss-reactive ketones (excluding diaryl/α,β-unsaturated/α-hetero) is 2. The molecule has 0 amide bonds. The van der Waals surface area contributed by atoms with Crippen molar-refractivity contribution in [2.75, 3.05) is 0 Å². The van der Waals surface area contributed by atoms with E-state index in [0.29, 0.717) is 41.7 Å². The van der Waals surface area contributed by atoms with Gasteiger partial charge in [-0.25, -0.2) is 4.79 Å². The minimum Gasteiger partial charge on any atom is -0.506 e. The average Bonchev–Trinajstić information content (AvgIpc) is 3.12. The van der Waals surface area contributed by atoms with Crippen LogP contribution >= 0.6 is 0 Å². The van der Waals surface area contributed by atoms with E-state index in [1.165, 1.54) is 18.6 Å². The second-order valence-electron chi connectivity index (χ2n) is 14.8. The summed E-state index contributed by atoms with van der Waals surface area (Å²) in [5.41, 5.74) is -0.952. The van der Waals surface area contributed by atoms with Gasteiger partial charge in [-0.05, 0) is 93.2 Å². The Labute approximate surface area is 270 Å². The van der Waals surface area contributed by atoms with E-state index in [4.69, 9.17) is 14.2 Å². The average molecular weight is 629 g/mol. The standard InChI is InChI=1S/C38H44O8/c1-20(2)10-9-15-36(8)16-14-24-29(39)28-30(40)26-18-23-19-27-35(6,7)46-37(33(23)41,17-13-22(5)34(42)43)38(26,27)45-32(28)25(31(24)44-36)12-11-21(3)4/h10-11,13-14,16,18,23,27,39H,9,12,15,17,19H2,1-8H3,(H,42,43)/b22-13+/t23-,27?,36+,37-,38-/m1/s1. The van der Waals surface area contributed by atoms with Gasteiger partial charge < -0.3 is 24.4 Å². The molecular formula is C38H44O8. The Kier molecular flexibility index (Phi) is 7.36. The molecule has 0 aromatic heterocycles. The number of carboxylic acids is 1. The molecule has 46 heavy (non-hydrogen) atoms. The van der Waals surface area contributed by atoms with Crippen molar-refractivity contribution in [1.82, 2.24) is 0 Å². The highest BCUT2D eigenvalue weighted by atomic mass is 16.6. The molecule has 8 heteroatoms. The van der Waals surface area contributed by atoms with Crippen molar-refractivity contribution in [2.45, 2.75) is 110 Å². The van der Waals surface area contributed by atoms with Crippen LogP contribution < -0.4 is 9.47 Å². The van der Waals surface area contributed by atoms with Crippen LogP contribution in [-0.2, 0) is 20.7 Å². The molecule has 244 valence electrons.